The number of aromatic nitrogens is 3. The van der Waals surface area contributed by atoms with Gasteiger partial charge in [0.2, 0.25) is 0 Å². The molecule has 0 saturated heterocycles. The van der Waals surface area contributed by atoms with Crippen LogP contribution in [0, 0.1) is 0 Å². The minimum absolute atomic E-state index is 0.729. The maximum atomic E-state index is 4.51. The lowest BCUT2D eigenvalue weighted by atomic mass is 10.0. The first kappa shape index (κ1) is 17.6. The van der Waals surface area contributed by atoms with Crippen LogP contribution in [0.5, 0.6) is 0 Å². The number of aryl methyl sites for hydroxylation is 1. The average Bonchev–Trinajstić information content (AvgIpc) is 2.71. The molecule has 0 bridgehead atoms. The summed E-state index contributed by atoms with van der Waals surface area (Å²) in [6.07, 6.45) is 5.33. The van der Waals surface area contributed by atoms with Crippen molar-refractivity contribution in [3.63, 3.8) is 0 Å². The summed E-state index contributed by atoms with van der Waals surface area (Å²) < 4.78 is 1.10. The van der Waals surface area contributed by atoms with Crippen LogP contribution in [-0.2, 0) is 12.8 Å². The lowest BCUT2D eigenvalue weighted by Gasteiger charge is -2.12. The quantitative estimate of drug-likeness (QED) is 0.452. The molecule has 0 aliphatic carbocycles. The minimum Gasteiger partial charge on any atom is -0.338 e. The summed E-state index contributed by atoms with van der Waals surface area (Å²) in [7, 11) is 0. The number of nitrogens with zero attached hydrogens (tertiary/aromatic N) is 3. The van der Waals surface area contributed by atoms with Gasteiger partial charge in [-0.15, -0.1) is 5.10 Å². The summed E-state index contributed by atoms with van der Waals surface area (Å²) in [6, 6.07) is 18.5. The molecule has 0 fully saturated rings. The van der Waals surface area contributed by atoms with E-state index in [2.05, 4.69) is 73.7 Å². The molecule has 0 amide bonds. The maximum absolute atomic E-state index is 4.51. The number of benzene rings is 2. The fourth-order valence-corrected chi connectivity index (χ4v) is 3.78. The maximum Gasteiger partial charge on any atom is 0.160 e. The number of hydrogen-bond acceptors (Lipinski definition) is 4. The Hall–Kier alpha value is -2.79. The molecule has 0 aliphatic heterocycles. The average molecular weight is 419 g/mol. The van der Waals surface area contributed by atoms with Gasteiger partial charge >= 0.3 is 0 Å². The lowest BCUT2D eigenvalue weighted by Crippen LogP contribution is -2.02. The van der Waals surface area contributed by atoms with E-state index in [4.69, 9.17) is 0 Å². The highest BCUT2D eigenvalue weighted by Crippen LogP contribution is 2.29. The van der Waals surface area contributed by atoms with Gasteiger partial charge in [0.25, 0.3) is 0 Å². The zero-order chi connectivity index (χ0) is 18.6. The topological polar surface area (TPSA) is 50.7 Å². The van der Waals surface area contributed by atoms with E-state index in [1.807, 2.05) is 24.3 Å². The van der Waals surface area contributed by atoms with E-state index in [0.717, 1.165) is 45.3 Å². The molecule has 0 aliphatic rings. The Balaban J connectivity index is 1.70. The SMILES string of the molecule is CCc1ccc(Nc2nnc(Cc3ccncc3)c3ccccc23)cc1Br. The third-order valence-electron chi connectivity index (χ3n) is 4.58. The van der Waals surface area contributed by atoms with Crippen molar-refractivity contribution in [1.82, 2.24) is 15.2 Å². The molecule has 0 atom stereocenters. The molecule has 4 nitrogen and oxygen atoms in total. The zero-order valence-electron chi connectivity index (χ0n) is 15.0. The van der Waals surface area contributed by atoms with Gasteiger partial charge in [-0.25, -0.2) is 0 Å². The molecule has 4 aromatic rings. The van der Waals surface area contributed by atoms with E-state index in [-0.39, 0.29) is 0 Å². The van der Waals surface area contributed by atoms with Crippen molar-refractivity contribution >= 4 is 38.2 Å². The van der Waals surface area contributed by atoms with Crippen LogP contribution in [0.3, 0.4) is 0 Å². The van der Waals surface area contributed by atoms with Gasteiger partial charge in [-0.2, -0.15) is 5.10 Å². The first-order chi connectivity index (χ1) is 13.2. The van der Waals surface area contributed by atoms with Crippen molar-refractivity contribution in [1.29, 1.82) is 0 Å². The molecule has 1 N–H and O–H groups in total. The molecular weight excluding hydrogens is 400 g/mol. The second-order valence-electron chi connectivity index (χ2n) is 6.36. The molecule has 5 heteroatoms. The van der Waals surface area contributed by atoms with E-state index in [1.54, 1.807) is 12.4 Å². The number of fused-ring (bicyclic) bond motifs is 1. The minimum atomic E-state index is 0.729. The van der Waals surface area contributed by atoms with Crippen LogP contribution in [0.15, 0.2) is 71.5 Å². The van der Waals surface area contributed by atoms with Crippen molar-refractivity contribution in [2.75, 3.05) is 5.32 Å². The number of anilines is 2. The summed E-state index contributed by atoms with van der Waals surface area (Å²) in [5.41, 5.74) is 4.40. The van der Waals surface area contributed by atoms with Gasteiger partial charge in [-0.3, -0.25) is 4.98 Å². The van der Waals surface area contributed by atoms with E-state index in [0.29, 0.717) is 0 Å². The van der Waals surface area contributed by atoms with Crippen molar-refractivity contribution in [3.8, 4) is 0 Å². The monoisotopic (exact) mass is 418 g/mol. The fourth-order valence-electron chi connectivity index (χ4n) is 3.12. The molecule has 2 heterocycles. The van der Waals surface area contributed by atoms with Crippen LogP contribution in [0.25, 0.3) is 10.8 Å². The highest BCUT2D eigenvalue weighted by Gasteiger charge is 2.10. The Kier molecular flexibility index (Phi) is 5.12. The van der Waals surface area contributed by atoms with E-state index < -0.39 is 0 Å². The second kappa shape index (κ2) is 7.84. The van der Waals surface area contributed by atoms with Crippen molar-refractivity contribution in [3.05, 3.63) is 88.3 Å². The molecule has 2 aromatic carbocycles. The molecule has 4 rings (SSSR count). The van der Waals surface area contributed by atoms with E-state index in [9.17, 15) is 0 Å². The molecule has 2 aromatic heterocycles. The van der Waals surface area contributed by atoms with Crippen molar-refractivity contribution in [2.24, 2.45) is 0 Å². The van der Waals surface area contributed by atoms with Gasteiger partial charge in [-0.1, -0.05) is 53.2 Å². The summed E-state index contributed by atoms with van der Waals surface area (Å²) >= 11 is 3.64. The molecule has 0 radical (unpaired) electrons. The fraction of sp³-hybridized carbons (Fsp3) is 0.136. The Morgan fingerprint density at radius 2 is 1.70 bits per heavy atom. The van der Waals surface area contributed by atoms with Crippen LogP contribution in [0.1, 0.15) is 23.7 Å². The first-order valence-electron chi connectivity index (χ1n) is 8.93. The smallest absolute Gasteiger partial charge is 0.160 e. The predicted molar refractivity (Wildman–Crippen MR) is 113 cm³/mol. The highest BCUT2D eigenvalue weighted by molar-refractivity contribution is 9.10. The number of pyridine rings is 1. The van der Waals surface area contributed by atoms with Crippen LogP contribution < -0.4 is 5.32 Å². The Morgan fingerprint density at radius 3 is 2.44 bits per heavy atom. The van der Waals surface area contributed by atoms with Gasteiger partial charge in [-0.05, 0) is 41.8 Å². The number of nitrogens with one attached hydrogen (secondary N) is 1. The Labute approximate surface area is 166 Å². The summed E-state index contributed by atoms with van der Waals surface area (Å²) in [5, 5.41) is 14.6. The van der Waals surface area contributed by atoms with Gasteiger partial charge in [0, 0.05) is 39.7 Å². The van der Waals surface area contributed by atoms with Gasteiger partial charge < -0.3 is 5.32 Å². The van der Waals surface area contributed by atoms with Gasteiger partial charge in [0.05, 0.1) is 5.69 Å². The predicted octanol–water partition coefficient (Wildman–Crippen LogP) is 5.68. The normalized spacial score (nSPS) is 10.9. The zero-order valence-corrected chi connectivity index (χ0v) is 16.6. The summed E-state index contributed by atoms with van der Waals surface area (Å²) in [4.78, 5) is 4.08. The third-order valence-corrected chi connectivity index (χ3v) is 5.32. The van der Waals surface area contributed by atoms with Crippen molar-refractivity contribution < 1.29 is 0 Å². The number of hydrogen-bond donors (Lipinski definition) is 1. The van der Waals surface area contributed by atoms with Gasteiger partial charge in [0.15, 0.2) is 5.82 Å². The van der Waals surface area contributed by atoms with Crippen LogP contribution in [-0.4, -0.2) is 15.2 Å². The summed E-state index contributed by atoms with van der Waals surface area (Å²) in [6.45, 7) is 2.15. The Bertz CT molecular complexity index is 1080. The third kappa shape index (κ3) is 3.83. The summed E-state index contributed by atoms with van der Waals surface area (Å²) in [5.74, 6) is 0.764. The molecular formula is C22H19BrN4. The largest absolute Gasteiger partial charge is 0.338 e. The van der Waals surface area contributed by atoms with E-state index in [1.165, 1.54) is 11.1 Å². The molecule has 134 valence electrons. The van der Waals surface area contributed by atoms with Crippen molar-refractivity contribution in [2.45, 2.75) is 19.8 Å². The molecule has 0 saturated carbocycles. The van der Waals surface area contributed by atoms with Crippen LogP contribution >= 0.6 is 15.9 Å². The number of halogens is 1. The standard InChI is InChI=1S/C22H19BrN4/c1-2-16-7-8-17(14-20(16)23)25-22-19-6-4-3-5-18(19)21(26-27-22)13-15-9-11-24-12-10-15/h3-12,14H,2,13H2,1H3,(H,25,27). The Morgan fingerprint density at radius 1 is 0.926 bits per heavy atom. The van der Waals surface area contributed by atoms with E-state index >= 15 is 0 Å². The second-order valence-corrected chi connectivity index (χ2v) is 7.21. The number of rotatable bonds is 5. The molecule has 27 heavy (non-hydrogen) atoms. The molecule has 0 spiro atoms. The first-order valence-corrected chi connectivity index (χ1v) is 9.72. The van der Waals surface area contributed by atoms with Crippen LogP contribution in [0.2, 0.25) is 0 Å². The highest BCUT2D eigenvalue weighted by atomic mass is 79.9. The lowest BCUT2D eigenvalue weighted by molar-refractivity contribution is 0.960. The van der Waals surface area contributed by atoms with Gasteiger partial charge in [0.1, 0.15) is 0 Å². The van der Waals surface area contributed by atoms with Crippen LogP contribution in [0.4, 0.5) is 11.5 Å². The molecule has 0 unspecified atom stereocenters.